The molecule has 1 fully saturated rings. The fourth-order valence-electron chi connectivity index (χ4n) is 4.46. The van der Waals surface area contributed by atoms with Crippen molar-refractivity contribution in [3.05, 3.63) is 90.0 Å². The molecular weight excluding hydrogens is 392 g/mol. The van der Waals surface area contributed by atoms with E-state index in [-0.39, 0.29) is 11.8 Å². The van der Waals surface area contributed by atoms with Gasteiger partial charge in [0.05, 0.1) is 12.2 Å². The van der Waals surface area contributed by atoms with Crippen molar-refractivity contribution in [2.75, 3.05) is 18.1 Å². The second kappa shape index (κ2) is 7.92. The number of benzene rings is 1. The first-order valence-electron chi connectivity index (χ1n) is 10.3. The van der Waals surface area contributed by atoms with Crippen LogP contribution in [0.15, 0.2) is 73.3 Å². The molecule has 5 rings (SSSR count). The van der Waals surface area contributed by atoms with Crippen LogP contribution in [-0.2, 0) is 21.5 Å². The van der Waals surface area contributed by atoms with E-state index in [1.165, 1.54) is 0 Å². The molecule has 3 aromatic rings. The predicted octanol–water partition coefficient (Wildman–Crippen LogP) is 2.48. The zero-order valence-electron chi connectivity index (χ0n) is 16.9. The van der Waals surface area contributed by atoms with Crippen LogP contribution in [0.1, 0.15) is 27.9 Å². The maximum absolute atomic E-state index is 13.2. The lowest BCUT2D eigenvalue weighted by Gasteiger charge is -2.23. The molecule has 31 heavy (non-hydrogen) atoms. The number of nitrogens with one attached hydrogen (secondary N) is 1. The standard InChI is InChI=1S/C24H22N4O3/c29-22(27-13-17-7-10-25-11-8-17)21-12-24(16-31-21)15-28(20-6-2-1-5-19(20)24)23(30)18-4-3-9-26-14-18/h1-11,14,21H,12-13,15-16H2,(H,27,29)/t21-,24+/m0/s1. The number of nitrogens with zero attached hydrogens (tertiary/aromatic N) is 3. The van der Waals surface area contributed by atoms with Crippen LogP contribution in [0.25, 0.3) is 0 Å². The highest BCUT2D eigenvalue weighted by Gasteiger charge is 2.51. The number of rotatable bonds is 4. The van der Waals surface area contributed by atoms with Gasteiger partial charge in [-0.2, -0.15) is 0 Å². The SMILES string of the molecule is O=C(NCc1ccncc1)[C@@H]1C[C@]2(CO1)CN(C(=O)c1cccnc1)c1ccccc12. The minimum absolute atomic E-state index is 0.0944. The number of pyridine rings is 2. The molecule has 0 bridgehead atoms. The third-order valence-corrected chi connectivity index (χ3v) is 6.03. The Morgan fingerprint density at radius 2 is 1.90 bits per heavy atom. The Morgan fingerprint density at radius 1 is 1.06 bits per heavy atom. The number of ether oxygens (including phenoxy) is 1. The van der Waals surface area contributed by atoms with Gasteiger partial charge in [0.2, 0.25) is 5.91 Å². The van der Waals surface area contributed by atoms with Gasteiger partial charge in [0, 0.05) is 49.0 Å². The summed E-state index contributed by atoms with van der Waals surface area (Å²) >= 11 is 0. The molecule has 2 amide bonds. The van der Waals surface area contributed by atoms with Gasteiger partial charge in [0.25, 0.3) is 5.91 Å². The smallest absolute Gasteiger partial charge is 0.259 e. The van der Waals surface area contributed by atoms with Crippen molar-refractivity contribution in [1.29, 1.82) is 0 Å². The molecule has 2 aliphatic rings. The second-order valence-corrected chi connectivity index (χ2v) is 8.01. The third-order valence-electron chi connectivity index (χ3n) is 6.03. The molecule has 1 spiro atoms. The van der Waals surface area contributed by atoms with Gasteiger partial charge in [-0.25, -0.2) is 0 Å². The number of carbonyl (C=O) groups excluding carboxylic acids is 2. The van der Waals surface area contributed by atoms with E-state index in [9.17, 15) is 9.59 Å². The number of para-hydroxylation sites is 1. The lowest BCUT2D eigenvalue weighted by molar-refractivity contribution is -0.130. The van der Waals surface area contributed by atoms with Gasteiger partial charge >= 0.3 is 0 Å². The van der Waals surface area contributed by atoms with Crippen LogP contribution in [0.2, 0.25) is 0 Å². The van der Waals surface area contributed by atoms with E-state index in [1.807, 2.05) is 36.4 Å². The van der Waals surface area contributed by atoms with Crippen LogP contribution >= 0.6 is 0 Å². The summed E-state index contributed by atoms with van der Waals surface area (Å²) in [4.78, 5) is 35.8. The molecule has 2 aliphatic heterocycles. The number of amides is 2. The van der Waals surface area contributed by atoms with Gasteiger partial charge in [-0.3, -0.25) is 19.6 Å². The Kier molecular flexibility index (Phi) is 4.95. The normalized spacial score (nSPS) is 21.8. The summed E-state index contributed by atoms with van der Waals surface area (Å²) in [6, 6.07) is 15.1. The second-order valence-electron chi connectivity index (χ2n) is 8.01. The first-order valence-corrected chi connectivity index (χ1v) is 10.3. The average molecular weight is 414 g/mol. The Labute approximate surface area is 180 Å². The zero-order valence-corrected chi connectivity index (χ0v) is 16.9. The largest absolute Gasteiger partial charge is 0.367 e. The summed E-state index contributed by atoms with van der Waals surface area (Å²) in [6.45, 7) is 1.30. The molecule has 1 aromatic carbocycles. The van der Waals surface area contributed by atoms with Crippen molar-refractivity contribution in [3.63, 3.8) is 0 Å². The molecule has 0 saturated carbocycles. The summed E-state index contributed by atoms with van der Waals surface area (Å²) in [5.74, 6) is -0.230. The molecule has 1 N–H and O–H groups in total. The molecule has 2 aromatic heterocycles. The van der Waals surface area contributed by atoms with E-state index in [0.717, 1.165) is 16.8 Å². The highest BCUT2D eigenvalue weighted by Crippen LogP contribution is 2.47. The predicted molar refractivity (Wildman–Crippen MR) is 114 cm³/mol. The Morgan fingerprint density at radius 3 is 2.71 bits per heavy atom. The summed E-state index contributed by atoms with van der Waals surface area (Å²) in [5.41, 5.74) is 3.05. The maximum Gasteiger partial charge on any atom is 0.259 e. The molecule has 4 heterocycles. The van der Waals surface area contributed by atoms with Gasteiger partial charge in [-0.05, 0) is 47.9 Å². The summed E-state index contributed by atoms with van der Waals surface area (Å²) < 4.78 is 5.96. The number of fused-ring (bicyclic) bond motifs is 2. The van der Waals surface area contributed by atoms with Gasteiger partial charge in [-0.15, -0.1) is 0 Å². The van der Waals surface area contributed by atoms with E-state index in [2.05, 4.69) is 15.3 Å². The van der Waals surface area contributed by atoms with Crippen LogP contribution < -0.4 is 10.2 Å². The van der Waals surface area contributed by atoms with E-state index >= 15 is 0 Å². The highest BCUT2D eigenvalue weighted by atomic mass is 16.5. The van der Waals surface area contributed by atoms with E-state index in [1.54, 1.807) is 41.8 Å². The van der Waals surface area contributed by atoms with E-state index in [4.69, 9.17) is 4.74 Å². The van der Waals surface area contributed by atoms with Crippen molar-refractivity contribution < 1.29 is 14.3 Å². The molecule has 1 saturated heterocycles. The van der Waals surface area contributed by atoms with E-state index in [0.29, 0.717) is 31.7 Å². The Bertz CT molecular complexity index is 1110. The molecular formula is C24H22N4O3. The molecule has 7 heteroatoms. The van der Waals surface area contributed by atoms with Crippen molar-refractivity contribution in [2.45, 2.75) is 24.5 Å². The van der Waals surface area contributed by atoms with Gasteiger partial charge < -0.3 is 15.0 Å². The van der Waals surface area contributed by atoms with Gasteiger partial charge in [0.1, 0.15) is 6.10 Å². The first kappa shape index (κ1) is 19.4. The average Bonchev–Trinajstić information content (AvgIpc) is 3.41. The fraction of sp³-hybridized carbons (Fsp3) is 0.250. The molecule has 0 aliphatic carbocycles. The van der Waals surface area contributed by atoms with Crippen LogP contribution in [0.5, 0.6) is 0 Å². The maximum atomic E-state index is 13.2. The lowest BCUT2D eigenvalue weighted by atomic mass is 9.80. The first-order chi connectivity index (χ1) is 15.2. The summed E-state index contributed by atoms with van der Waals surface area (Å²) in [7, 11) is 0. The lowest BCUT2D eigenvalue weighted by Crippen LogP contribution is -2.39. The van der Waals surface area contributed by atoms with Crippen molar-refractivity contribution in [2.24, 2.45) is 0 Å². The number of carbonyl (C=O) groups is 2. The fourth-order valence-corrected chi connectivity index (χ4v) is 4.46. The van der Waals surface area contributed by atoms with Crippen LogP contribution in [0, 0.1) is 0 Å². The Balaban J connectivity index is 1.34. The molecule has 156 valence electrons. The molecule has 7 nitrogen and oxygen atoms in total. The number of hydrogen-bond acceptors (Lipinski definition) is 5. The molecule has 2 atom stereocenters. The summed E-state index contributed by atoms with van der Waals surface area (Å²) in [6.07, 6.45) is 6.61. The van der Waals surface area contributed by atoms with Crippen LogP contribution in [-0.4, -0.2) is 41.0 Å². The quantitative estimate of drug-likeness (QED) is 0.709. The monoisotopic (exact) mass is 414 g/mol. The third kappa shape index (κ3) is 3.57. The van der Waals surface area contributed by atoms with Gasteiger partial charge in [-0.1, -0.05) is 18.2 Å². The summed E-state index contributed by atoms with van der Waals surface area (Å²) in [5, 5.41) is 2.95. The van der Waals surface area contributed by atoms with Crippen LogP contribution in [0.4, 0.5) is 5.69 Å². The van der Waals surface area contributed by atoms with Crippen molar-refractivity contribution >= 4 is 17.5 Å². The topological polar surface area (TPSA) is 84.4 Å². The van der Waals surface area contributed by atoms with E-state index < -0.39 is 11.5 Å². The number of anilines is 1. The molecule has 0 unspecified atom stereocenters. The number of hydrogen-bond donors (Lipinski definition) is 1. The van der Waals surface area contributed by atoms with Gasteiger partial charge in [0.15, 0.2) is 0 Å². The Hall–Kier alpha value is -3.58. The minimum atomic E-state index is -0.552. The molecule has 0 radical (unpaired) electrons. The minimum Gasteiger partial charge on any atom is -0.367 e. The van der Waals surface area contributed by atoms with Crippen molar-refractivity contribution in [1.82, 2.24) is 15.3 Å². The highest BCUT2D eigenvalue weighted by molar-refractivity contribution is 6.07. The van der Waals surface area contributed by atoms with Crippen LogP contribution in [0.3, 0.4) is 0 Å². The zero-order chi connectivity index (χ0) is 21.3. The van der Waals surface area contributed by atoms with Crippen molar-refractivity contribution in [3.8, 4) is 0 Å². The number of aromatic nitrogens is 2.